The molecule has 1 aliphatic carbocycles. The lowest BCUT2D eigenvalue weighted by Crippen LogP contribution is -2.67. The number of para-hydroxylation sites is 1. The molecule has 3 unspecified atom stereocenters. The highest BCUT2D eigenvalue weighted by Gasteiger charge is 2.49. The van der Waals surface area contributed by atoms with Crippen molar-refractivity contribution in [3.8, 4) is 17.6 Å². The number of allylic oxidation sites excluding steroid dienone is 1. The van der Waals surface area contributed by atoms with E-state index in [1.54, 1.807) is 4.90 Å². The van der Waals surface area contributed by atoms with Crippen molar-refractivity contribution >= 4 is 17.4 Å². The zero-order chi connectivity index (χ0) is 26.9. The van der Waals surface area contributed by atoms with Crippen LogP contribution in [-0.2, 0) is 9.59 Å². The number of piperidine rings is 1. The van der Waals surface area contributed by atoms with Gasteiger partial charge in [-0.15, -0.1) is 0 Å². The minimum atomic E-state index is -0.492. The molecule has 9 nitrogen and oxygen atoms in total. The zero-order valence-electron chi connectivity index (χ0n) is 21.6. The summed E-state index contributed by atoms with van der Waals surface area (Å²) in [5.41, 5.74) is 14.3. The molecular weight excluding hydrogens is 492 g/mol. The molecule has 0 radical (unpaired) electrons. The van der Waals surface area contributed by atoms with Gasteiger partial charge in [0.25, 0.3) is 11.8 Å². The minimum absolute atomic E-state index is 0.0645. The summed E-state index contributed by atoms with van der Waals surface area (Å²) < 4.78 is 5.95. The number of hydrogen-bond acceptors (Lipinski definition) is 7. The topological polar surface area (TPSA) is 124 Å². The Morgan fingerprint density at radius 1 is 1.08 bits per heavy atom. The molecule has 0 aromatic heterocycles. The van der Waals surface area contributed by atoms with Crippen LogP contribution >= 0.6 is 0 Å². The molecule has 3 fully saturated rings. The number of benzene rings is 2. The van der Waals surface area contributed by atoms with Crippen molar-refractivity contribution in [2.75, 3.05) is 13.1 Å². The zero-order valence-corrected chi connectivity index (χ0v) is 21.6. The Labute approximate surface area is 227 Å². The first-order chi connectivity index (χ1) is 19.0. The summed E-state index contributed by atoms with van der Waals surface area (Å²) >= 11 is 0. The molecule has 0 spiro atoms. The smallest absolute Gasteiger partial charge is 0.264 e. The molecule has 2 aromatic carbocycles. The molecule has 4 aliphatic rings. The monoisotopic (exact) mass is 524 g/mol. The second-order valence-electron chi connectivity index (χ2n) is 10.7. The van der Waals surface area contributed by atoms with Crippen LogP contribution in [0, 0.1) is 23.2 Å². The van der Waals surface area contributed by atoms with Gasteiger partial charge in [-0.2, -0.15) is 5.26 Å². The van der Waals surface area contributed by atoms with Crippen LogP contribution in [0.1, 0.15) is 31.2 Å². The van der Waals surface area contributed by atoms with Crippen LogP contribution < -0.4 is 21.3 Å². The van der Waals surface area contributed by atoms with Gasteiger partial charge in [-0.25, -0.2) is 5.43 Å². The van der Waals surface area contributed by atoms with Crippen LogP contribution in [0.3, 0.4) is 0 Å². The first-order valence-electron chi connectivity index (χ1n) is 13.6. The highest BCUT2D eigenvalue weighted by Crippen LogP contribution is 2.41. The number of nitrogens with zero attached hydrogens (tertiary/aromatic N) is 3. The summed E-state index contributed by atoms with van der Waals surface area (Å²) in [5.74, 6) is 1.19. The van der Waals surface area contributed by atoms with Crippen LogP contribution in [0.2, 0.25) is 0 Å². The second-order valence-corrected chi connectivity index (χ2v) is 10.7. The van der Waals surface area contributed by atoms with Crippen LogP contribution in [0.5, 0.6) is 11.5 Å². The minimum Gasteiger partial charge on any atom is -0.457 e. The molecule has 39 heavy (non-hydrogen) atoms. The van der Waals surface area contributed by atoms with E-state index in [0.717, 1.165) is 48.3 Å². The molecule has 9 heteroatoms. The lowest BCUT2D eigenvalue weighted by Gasteiger charge is -2.43. The Kier molecular flexibility index (Phi) is 6.81. The Balaban J connectivity index is 1.25. The first-order valence-corrected chi connectivity index (χ1v) is 13.6. The van der Waals surface area contributed by atoms with Gasteiger partial charge in [-0.05, 0) is 67.0 Å². The summed E-state index contributed by atoms with van der Waals surface area (Å²) in [6, 6.07) is 19.0. The summed E-state index contributed by atoms with van der Waals surface area (Å²) in [5, 5.41) is 9.59. The number of hydrazine groups is 1. The van der Waals surface area contributed by atoms with E-state index < -0.39 is 12.2 Å². The van der Waals surface area contributed by atoms with E-state index >= 15 is 0 Å². The van der Waals surface area contributed by atoms with Crippen LogP contribution in [-0.4, -0.2) is 53.0 Å². The largest absolute Gasteiger partial charge is 0.457 e. The molecule has 1 saturated carbocycles. The van der Waals surface area contributed by atoms with Gasteiger partial charge >= 0.3 is 0 Å². The highest BCUT2D eigenvalue weighted by atomic mass is 16.5. The standard InChI is InChI=1S/C30H32N6O3/c31-16-21(15-19-8-9-19)30(38)35-14-4-5-22(17-35)36-18-25(26-27(36)29(37)34-33-28(26)32)20-10-12-24(13-11-20)39-23-6-2-1-3-7-23/h1-3,6-7,10-13,15,18-19,22,26-28,33H,4-5,8-9,14,17,32H2,(H,34,37)/b21-15+/t22-,26?,27?,28?/m1/s1. The van der Waals surface area contributed by atoms with Crippen molar-refractivity contribution < 1.29 is 14.3 Å². The molecule has 2 amide bonds. The number of fused-ring (bicyclic) bond motifs is 1. The first kappa shape index (κ1) is 25.2. The molecule has 0 bridgehead atoms. The third-order valence-corrected chi connectivity index (χ3v) is 7.97. The molecular formula is C30H32N6O3. The molecule has 4 N–H and O–H groups in total. The van der Waals surface area contributed by atoms with Crippen molar-refractivity contribution in [3.05, 3.63) is 78.0 Å². The normalized spacial score (nSPS) is 26.8. The van der Waals surface area contributed by atoms with Crippen molar-refractivity contribution in [3.63, 3.8) is 0 Å². The molecule has 3 heterocycles. The molecule has 4 atom stereocenters. The van der Waals surface area contributed by atoms with Gasteiger partial charge in [-0.3, -0.25) is 15.0 Å². The van der Waals surface area contributed by atoms with Gasteiger partial charge in [0.15, 0.2) is 0 Å². The van der Waals surface area contributed by atoms with Gasteiger partial charge in [0, 0.05) is 31.2 Å². The van der Waals surface area contributed by atoms with E-state index in [1.165, 1.54) is 0 Å². The van der Waals surface area contributed by atoms with E-state index in [-0.39, 0.29) is 29.3 Å². The average molecular weight is 525 g/mol. The van der Waals surface area contributed by atoms with Gasteiger partial charge < -0.3 is 20.3 Å². The van der Waals surface area contributed by atoms with E-state index in [9.17, 15) is 14.9 Å². The third-order valence-electron chi connectivity index (χ3n) is 7.97. The average Bonchev–Trinajstić information content (AvgIpc) is 3.70. The Hall–Kier alpha value is -4.13. The summed E-state index contributed by atoms with van der Waals surface area (Å²) in [4.78, 5) is 30.2. The SMILES string of the molecule is N#C/C(=C\C1CC1)C(=O)N1CCC[C@@H](N2C=C(c3ccc(Oc4ccccc4)cc3)C3C(N)NNC(=O)C32)C1. The summed E-state index contributed by atoms with van der Waals surface area (Å²) in [6.45, 7) is 1.06. The van der Waals surface area contributed by atoms with Crippen molar-refractivity contribution in [1.29, 1.82) is 5.26 Å². The number of amides is 2. The molecule has 3 aliphatic heterocycles. The van der Waals surface area contributed by atoms with Crippen LogP contribution in [0.25, 0.3) is 5.57 Å². The molecule has 2 saturated heterocycles. The fourth-order valence-corrected chi connectivity index (χ4v) is 5.84. The Morgan fingerprint density at radius 3 is 2.54 bits per heavy atom. The summed E-state index contributed by atoms with van der Waals surface area (Å²) in [6.07, 6.45) is 7.09. The molecule has 2 aromatic rings. The van der Waals surface area contributed by atoms with E-state index in [2.05, 4.69) is 21.8 Å². The maximum absolute atomic E-state index is 13.2. The lowest BCUT2D eigenvalue weighted by molar-refractivity contribution is -0.133. The Bertz CT molecular complexity index is 1350. The number of carbonyl (C=O) groups is 2. The number of ether oxygens (including phenoxy) is 1. The molecule has 200 valence electrons. The predicted octanol–water partition coefficient (Wildman–Crippen LogP) is 2.89. The maximum Gasteiger partial charge on any atom is 0.264 e. The van der Waals surface area contributed by atoms with E-state index in [1.807, 2.05) is 66.9 Å². The summed E-state index contributed by atoms with van der Waals surface area (Å²) in [7, 11) is 0. The van der Waals surface area contributed by atoms with Gasteiger partial charge in [0.1, 0.15) is 29.2 Å². The fraction of sp³-hybridized carbons (Fsp3) is 0.367. The number of carbonyl (C=O) groups excluding carboxylic acids is 2. The third kappa shape index (κ3) is 5.13. The van der Waals surface area contributed by atoms with Crippen molar-refractivity contribution in [2.45, 2.75) is 43.9 Å². The quantitative estimate of drug-likeness (QED) is 0.392. The second kappa shape index (κ2) is 10.6. The van der Waals surface area contributed by atoms with Crippen LogP contribution in [0.15, 0.2) is 72.4 Å². The predicted molar refractivity (Wildman–Crippen MR) is 145 cm³/mol. The number of hydrogen-bond donors (Lipinski definition) is 3. The number of likely N-dealkylation sites (tertiary alicyclic amines) is 1. The fourth-order valence-electron chi connectivity index (χ4n) is 5.84. The maximum atomic E-state index is 13.2. The lowest BCUT2D eigenvalue weighted by atomic mass is 9.86. The number of nitriles is 1. The molecule has 6 rings (SSSR count). The number of rotatable bonds is 6. The van der Waals surface area contributed by atoms with Gasteiger partial charge in [-0.1, -0.05) is 36.4 Å². The van der Waals surface area contributed by atoms with E-state index in [0.29, 0.717) is 19.0 Å². The van der Waals surface area contributed by atoms with Crippen molar-refractivity contribution in [1.82, 2.24) is 20.7 Å². The van der Waals surface area contributed by atoms with Gasteiger partial charge in [0.05, 0.1) is 6.17 Å². The highest BCUT2D eigenvalue weighted by molar-refractivity contribution is 5.97. The Morgan fingerprint density at radius 2 is 1.82 bits per heavy atom. The van der Waals surface area contributed by atoms with Crippen LogP contribution in [0.4, 0.5) is 0 Å². The van der Waals surface area contributed by atoms with Gasteiger partial charge in [0.2, 0.25) is 0 Å². The van der Waals surface area contributed by atoms with Crippen molar-refractivity contribution in [2.24, 2.45) is 17.6 Å². The number of nitrogens with two attached hydrogens (primary N) is 1. The number of nitrogens with one attached hydrogen (secondary N) is 2. The van der Waals surface area contributed by atoms with E-state index in [4.69, 9.17) is 10.5 Å².